The Morgan fingerprint density at radius 3 is 2.21 bits per heavy atom. The van der Waals surface area contributed by atoms with Crippen molar-refractivity contribution in [3.8, 4) is 5.75 Å². The summed E-state index contributed by atoms with van der Waals surface area (Å²) in [4.78, 5) is 25.1. The second-order valence-corrected chi connectivity index (χ2v) is 6.54. The summed E-state index contributed by atoms with van der Waals surface area (Å²) in [5, 5.41) is 6.20. The maximum atomic E-state index is 12.6. The smallest absolute Gasteiger partial charge is 0.255 e. The molecule has 0 saturated carbocycles. The molecule has 6 heteroatoms. The number of rotatable bonds is 5. The fourth-order valence-corrected chi connectivity index (χ4v) is 2.82. The lowest BCUT2D eigenvalue weighted by atomic mass is 10.1. The van der Waals surface area contributed by atoms with Crippen LogP contribution in [0.25, 0.3) is 0 Å². The van der Waals surface area contributed by atoms with Gasteiger partial charge in [-0.2, -0.15) is 0 Å². The zero-order valence-electron chi connectivity index (χ0n) is 15.5. The summed E-state index contributed by atoms with van der Waals surface area (Å²) in [5.74, 6) is 0.00561. The summed E-state index contributed by atoms with van der Waals surface area (Å²) in [5.41, 5.74) is 2.76. The van der Waals surface area contributed by atoms with Crippen LogP contribution in [0, 0.1) is 6.92 Å². The van der Waals surface area contributed by atoms with Gasteiger partial charge in [0.15, 0.2) is 0 Å². The molecule has 0 aliphatic rings. The van der Waals surface area contributed by atoms with E-state index in [-0.39, 0.29) is 11.8 Å². The molecule has 3 rings (SSSR count). The van der Waals surface area contributed by atoms with E-state index in [1.165, 1.54) is 0 Å². The van der Waals surface area contributed by atoms with Gasteiger partial charge in [-0.1, -0.05) is 29.8 Å². The fourth-order valence-electron chi connectivity index (χ4n) is 2.64. The molecule has 0 bridgehead atoms. The first-order chi connectivity index (χ1) is 13.5. The SMILES string of the molecule is COc1cccc(NC(=O)c2cccc(C(=O)Nc3cccc(Cl)c3C)c2)c1. The Morgan fingerprint density at radius 1 is 0.857 bits per heavy atom. The van der Waals surface area contributed by atoms with Crippen LogP contribution in [0.5, 0.6) is 5.75 Å². The molecule has 0 aromatic heterocycles. The number of carbonyl (C=O) groups is 2. The summed E-state index contributed by atoms with van der Waals surface area (Å²) < 4.78 is 5.15. The second-order valence-electron chi connectivity index (χ2n) is 6.13. The van der Waals surface area contributed by atoms with E-state index in [0.29, 0.717) is 33.3 Å². The zero-order valence-corrected chi connectivity index (χ0v) is 16.2. The number of hydrogen-bond donors (Lipinski definition) is 2. The highest BCUT2D eigenvalue weighted by Crippen LogP contribution is 2.23. The largest absolute Gasteiger partial charge is 0.497 e. The Kier molecular flexibility index (Phi) is 5.96. The van der Waals surface area contributed by atoms with E-state index in [9.17, 15) is 9.59 Å². The minimum atomic E-state index is -0.318. The van der Waals surface area contributed by atoms with Gasteiger partial charge in [-0.05, 0) is 55.0 Å². The summed E-state index contributed by atoms with van der Waals surface area (Å²) in [6.07, 6.45) is 0. The van der Waals surface area contributed by atoms with E-state index in [2.05, 4.69) is 10.6 Å². The molecule has 5 nitrogen and oxygen atoms in total. The van der Waals surface area contributed by atoms with Crippen molar-refractivity contribution in [2.24, 2.45) is 0 Å². The molecule has 0 aliphatic carbocycles. The standard InChI is InChI=1S/C22H19ClN2O3/c1-14-19(23)10-5-11-20(14)25-22(27)16-7-3-6-15(12-16)21(26)24-17-8-4-9-18(13-17)28-2/h3-13H,1-2H3,(H,24,26)(H,25,27). The van der Waals surface area contributed by atoms with Crippen LogP contribution in [0.1, 0.15) is 26.3 Å². The Hall–Kier alpha value is -3.31. The predicted octanol–water partition coefficient (Wildman–Crippen LogP) is 5.16. The third-order valence-corrected chi connectivity index (χ3v) is 4.64. The predicted molar refractivity (Wildman–Crippen MR) is 112 cm³/mol. The van der Waals surface area contributed by atoms with Gasteiger partial charge in [0.2, 0.25) is 0 Å². The van der Waals surface area contributed by atoms with Crippen molar-refractivity contribution in [3.05, 3.63) is 88.4 Å². The number of hydrogen-bond acceptors (Lipinski definition) is 3. The first-order valence-electron chi connectivity index (χ1n) is 8.60. The molecule has 28 heavy (non-hydrogen) atoms. The molecule has 2 amide bonds. The molecule has 0 atom stereocenters. The molecular formula is C22H19ClN2O3. The number of amides is 2. The van der Waals surface area contributed by atoms with E-state index in [1.807, 2.05) is 6.92 Å². The normalized spacial score (nSPS) is 10.2. The van der Waals surface area contributed by atoms with Crippen LogP contribution in [-0.4, -0.2) is 18.9 Å². The number of nitrogens with one attached hydrogen (secondary N) is 2. The molecule has 0 aliphatic heterocycles. The van der Waals surface area contributed by atoms with E-state index in [4.69, 9.17) is 16.3 Å². The minimum absolute atomic E-state index is 0.318. The van der Waals surface area contributed by atoms with Crippen molar-refractivity contribution in [3.63, 3.8) is 0 Å². The third kappa shape index (κ3) is 4.50. The maximum absolute atomic E-state index is 12.6. The average molecular weight is 395 g/mol. The monoisotopic (exact) mass is 394 g/mol. The maximum Gasteiger partial charge on any atom is 0.255 e. The summed E-state index contributed by atoms with van der Waals surface area (Å²) in [6, 6.07) is 18.9. The quantitative estimate of drug-likeness (QED) is 0.628. The Morgan fingerprint density at radius 2 is 1.50 bits per heavy atom. The van der Waals surface area contributed by atoms with Crippen LogP contribution in [0.3, 0.4) is 0 Å². The number of anilines is 2. The molecule has 0 heterocycles. The van der Waals surface area contributed by atoms with Gasteiger partial charge in [0.1, 0.15) is 5.75 Å². The number of carbonyl (C=O) groups excluding carboxylic acids is 2. The van der Waals surface area contributed by atoms with E-state index in [0.717, 1.165) is 5.56 Å². The molecule has 0 unspecified atom stereocenters. The van der Waals surface area contributed by atoms with Gasteiger partial charge in [0.25, 0.3) is 11.8 Å². The lowest BCUT2D eigenvalue weighted by molar-refractivity contribution is 0.102. The van der Waals surface area contributed by atoms with Crippen molar-refractivity contribution >= 4 is 34.8 Å². The number of methoxy groups -OCH3 is 1. The van der Waals surface area contributed by atoms with E-state index in [1.54, 1.807) is 73.8 Å². The number of ether oxygens (including phenoxy) is 1. The molecule has 0 spiro atoms. The van der Waals surface area contributed by atoms with E-state index < -0.39 is 0 Å². The summed E-state index contributed by atoms with van der Waals surface area (Å²) >= 11 is 6.10. The lowest BCUT2D eigenvalue weighted by Gasteiger charge is -2.11. The van der Waals surface area contributed by atoms with Gasteiger partial charge in [0, 0.05) is 33.6 Å². The molecule has 0 fully saturated rings. The topological polar surface area (TPSA) is 67.4 Å². The van der Waals surface area contributed by atoms with Gasteiger partial charge >= 0.3 is 0 Å². The molecule has 3 aromatic carbocycles. The van der Waals surface area contributed by atoms with Crippen LogP contribution in [0.15, 0.2) is 66.7 Å². The Labute approximate surface area is 168 Å². The average Bonchev–Trinajstić information content (AvgIpc) is 2.71. The van der Waals surface area contributed by atoms with Crippen LogP contribution in [0.2, 0.25) is 5.02 Å². The van der Waals surface area contributed by atoms with Gasteiger partial charge in [-0.25, -0.2) is 0 Å². The lowest BCUT2D eigenvalue weighted by Crippen LogP contribution is -2.16. The summed E-state index contributed by atoms with van der Waals surface area (Å²) in [7, 11) is 1.56. The van der Waals surface area contributed by atoms with Crippen LogP contribution in [-0.2, 0) is 0 Å². The zero-order chi connectivity index (χ0) is 20.1. The van der Waals surface area contributed by atoms with Gasteiger partial charge in [-0.15, -0.1) is 0 Å². The first-order valence-corrected chi connectivity index (χ1v) is 8.97. The molecular weight excluding hydrogens is 376 g/mol. The molecule has 0 radical (unpaired) electrons. The Bertz CT molecular complexity index is 1030. The highest BCUT2D eigenvalue weighted by Gasteiger charge is 2.13. The minimum Gasteiger partial charge on any atom is -0.497 e. The number of halogens is 1. The van der Waals surface area contributed by atoms with Crippen LogP contribution in [0.4, 0.5) is 11.4 Å². The van der Waals surface area contributed by atoms with Crippen molar-refractivity contribution in [2.75, 3.05) is 17.7 Å². The van der Waals surface area contributed by atoms with Crippen molar-refractivity contribution < 1.29 is 14.3 Å². The molecule has 142 valence electrons. The fraction of sp³-hybridized carbons (Fsp3) is 0.0909. The number of benzene rings is 3. The summed E-state index contributed by atoms with van der Waals surface area (Å²) in [6.45, 7) is 1.83. The first kappa shape index (κ1) is 19.5. The van der Waals surface area contributed by atoms with Crippen LogP contribution < -0.4 is 15.4 Å². The highest BCUT2D eigenvalue weighted by atomic mass is 35.5. The van der Waals surface area contributed by atoms with Gasteiger partial charge < -0.3 is 15.4 Å². The molecule has 3 aromatic rings. The third-order valence-electron chi connectivity index (χ3n) is 4.23. The Balaban J connectivity index is 1.76. The van der Waals surface area contributed by atoms with Gasteiger partial charge in [0.05, 0.1) is 7.11 Å². The molecule has 2 N–H and O–H groups in total. The van der Waals surface area contributed by atoms with Crippen LogP contribution >= 0.6 is 11.6 Å². The highest BCUT2D eigenvalue weighted by molar-refractivity contribution is 6.31. The van der Waals surface area contributed by atoms with Crippen molar-refractivity contribution in [2.45, 2.75) is 6.92 Å². The molecule has 0 saturated heterocycles. The van der Waals surface area contributed by atoms with Crippen molar-refractivity contribution in [1.82, 2.24) is 0 Å². The second kappa shape index (κ2) is 8.59. The van der Waals surface area contributed by atoms with E-state index >= 15 is 0 Å². The van der Waals surface area contributed by atoms with Gasteiger partial charge in [-0.3, -0.25) is 9.59 Å². The van der Waals surface area contributed by atoms with Crippen molar-refractivity contribution in [1.29, 1.82) is 0 Å².